The smallest absolute Gasteiger partial charge is 0.123 e. The van der Waals surface area contributed by atoms with E-state index in [1.165, 1.54) is 24.3 Å². The lowest BCUT2D eigenvalue weighted by molar-refractivity contribution is 0.357. The van der Waals surface area contributed by atoms with E-state index in [4.69, 9.17) is 10.5 Å². The molecule has 0 saturated carbocycles. The van der Waals surface area contributed by atoms with Crippen LogP contribution < -0.4 is 0 Å². The maximum absolute atomic E-state index is 12.3. The summed E-state index contributed by atoms with van der Waals surface area (Å²) in [5, 5.41) is 15.7. The Bertz CT molecular complexity index is 255. The van der Waals surface area contributed by atoms with E-state index < -0.39 is 0 Å². The van der Waals surface area contributed by atoms with Crippen molar-refractivity contribution in [3.63, 3.8) is 0 Å². The number of nitrogens with one attached hydrogen (secondary N) is 1. The van der Waals surface area contributed by atoms with Gasteiger partial charge in [-0.05, 0) is 17.7 Å². The molecule has 0 heterocycles. The van der Waals surface area contributed by atoms with Crippen LogP contribution in [0.1, 0.15) is 5.56 Å². The topological polar surface area (TPSA) is 44.1 Å². The highest BCUT2D eigenvalue weighted by molar-refractivity contribution is 5.98. The summed E-state index contributed by atoms with van der Waals surface area (Å²) in [6, 6.07) is 5.46. The summed E-state index contributed by atoms with van der Waals surface area (Å²) in [7, 11) is 0. The highest BCUT2D eigenvalue weighted by Crippen LogP contribution is 2.02. The zero-order valence-electron chi connectivity index (χ0n) is 5.84. The Hall–Kier alpha value is -1.22. The van der Waals surface area contributed by atoms with Crippen molar-refractivity contribution in [2.45, 2.75) is 0 Å². The zero-order valence-corrected chi connectivity index (χ0v) is 5.84. The minimum atomic E-state index is -0.334. The third-order valence-corrected chi connectivity index (χ3v) is 1.35. The van der Waals surface area contributed by atoms with Gasteiger partial charge in [-0.3, -0.25) is 0 Å². The van der Waals surface area contributed by atoms with Crippen molar-refractivity contribution >= 4 is 5.71 Å². The second-order valence-electron chi connectivity index (χ2n) is 2.14. The lowest BCUT2D eigenvalue weighted by atomic mass is 10.1. The van der Waals surface area contributed by atoms with Crippen molar-refractivity contribution in [3.8, 4) is 0 Å². The van der Waals surface area contributed by atoms with Gasteiger partial charge in [0.1, 0.15) is 5.82 Å². The molecule has 11 heavy (non-hydrogen) atoms. The van der Waals surface area contributed by atoms with Crippen LogP contribution in [0.4, 0.5) is 4.39 Å². The van der Waals surface area contributed by atoms with Gasteiger partial charge in [0.2, 0.25) is 0 Å². The first-order valence-corrected chi connectivity index (χ1v) is 3.18. The van der Waals surface area contributed by atoms with Crippen molar-refractivity contribution in [1.82, 2.24) is 0 Å². The van der Waals surface area contributed by atoms with Gasteiger partial charge in [0.15, 0.2) is 0 Å². The lowest BCUT2D eigenvalue weighted by Gasteiger charge is -1.98. The van der Waals surface area contributed by atoms with Crippen LogP contribution in [0, 0.1) is 11.2 Å². The van der Waals surface area contributed by atoms with Gasteiger partial charge in [-0.2, -0.15) is 0 Å². The molecule has 0 unspecified atom stereocenters. The Morgan fingerprint density at radius 1 is 1.36 bits per heavy atom. The van der Waals surface area contributed by atoms with Gasteiger partial charge in [-0.15, -0.1) is 0 Å². The molecule has 0 aromatic heterocycles. The maximum Gasteiger partial charge on any atom is 0.123 e. The fourth-order valence-electron chi connectivity index (χ4n) is 0.742. The van der Waals surface area contributed by atoms with Crippen LogP contribution in [0.15, 0.2) is 24.3 Å². The van der Waals surface area contributed by atoms with Crippen LogP contribution in [0.2, 0.25) is 0 Å². The second-order valence-corrected chi connectivity index (χ2v) is 2.14. The van der Waals surface area contributed by atoms with Gasteiger partial charge < -0.3 is 10.5 Å². The largest absolute Gasteiger partial charge is 0.390 e. The fourth-order valence-corrected chi connectivity index (χ4v) is 0.742. The number of halogens is 1. The van der Waals surface area contributed by atoms with Crippen LogP contribution in [0.25, 0.3) is 0 Å². The van der Waals surface area contributed by atoms with E-state index >= 15 is 0 Å². The quantitative estimate of drug-likeness (QED) is 0.616. The molecule has 0 saturated heterocycles. The second kappa shape index (κ2) is 3.25. The van der Waals surface area contributed by atoms with Crippen molar-refractivity contribution in [2.24, 2.45) is 0 Å². The van der Waals surface area contributed by atoms with Crippen molar-refractivity contribution < 1.29 is 9.50 Å². The Labute approximate surface area is 63.8 Å². The minimum absolute atomic E-state index is 0.102. The Kier molecular flexibility index (Phi) is 2.33. The molecule has 0 aliphatic carbocycles. The first-order chi connectivity index (χ1) is 5.24. The molecule has 0 spiro atoms. The molecule has 0 amide bonds. The summed E-state index contributed by atoms with van der Waals surface area (Å²) < 4.78 is 12.3. The van der Waals surface area contributed by atoms with Crippen LogP contribution in [-0.4, -0.2) is 17.4 Å². The number of benzene rings is 1. The standard InChI is InChI=1S/C8H8FNO/c9-7-3-1-6(2-4-7)8(10)5-11/h1-4,10-11H,5H2. The van der Waals surface area contributed by atoms with Crippen LogP contribution >= 0.6 is 0 Å². The van der Waals surface area contributed by atoms with E-state index in [9.17, 15) is 4.39 Å². The van der Waals surface area contributed by atoms with Gasteiger partial charge >= 0.3 is 0 Å². The first kappa shape index (κ1) is 7.88. The molecule has 0 radical (unpaired) electrons. The highest BCUT2D eigenvalue weighted by Gasteiger charge is 1.97. The van der Waals surface area contributed by atoms with Gasteiger partial charge in [0, 0.05) is 0 Å². The summed E-state index contributed by atoms with van der Waals surface area (Å²) in [6.07, 6.45) is 0. The molecule has 2 N–H and O–H groups in total. The molecule has 1 aromatic rings. The average Bonchev–Trinajstić information content (AvgIpc) is 2.05. The molecule has 0 aliphatic rings. The monoisotopic (exact) mass is 153 g/mol. The van der Waals surface area contributed by atoms with Crippen LogP contribution in [0.5, 0.6) is 0 Å². The molecule has 1 aromatic carbocycles. The SMILES string of the molecule is N=C(CO)c1ccc(F)cc1. The van der Waals surface area contributed by atoms with Crippen LogP contribution in [0.3, 0.4) is 0 Å². The average molecular weight is 153 g/mol. The van der Waals surface area contributed by atoms with E-state index in [0.29, 0.717) is 5.56 Å². The predicted molar refractivity (Wildman–Crippen MR) is 40.3 cm³/mol. The van der Waals surface area contributed by atoms with Gasteiger partial charge in [0.05, 0.1) is 12.3 Å². The Balaban J connectivity index is 2.90. The normalized spacial score (nSPS) is 9.64. The molecular weight excluding hydrogens is 145 g/mol. The summed E-state index contributed by atoms with van der Waals surface area (Å²) in [6.45, 7) is -0.314. The molecule has 0 aliphatic heterocycles. The van der Waals surface area contributed by atoms with E-state index in [1.807, 2.05) is 0 Å². The van der Waals surface area contributed by atoms with E-state index in [-0.39, 0.29) is 18.1 Å². The van der Waals surface area contributed by atoms with Crippen molar-refractivity contribution in [3.05, 3.63) is 35.6 Å². The Morgan fingerprint density at radius 3 is 2.36 bits per heavy atom. The number of rotatable bonds is 2. The van der Waals surface area contributed by atoms with E-state index in [0.717, 1.165) is 0 Å². The Morgan fingerprint density at radius 2 is 1.91 bits per heavy atom. The third-order valence-electron chi connectivity index (χ3n) is 1.35. The van der Waals surface area contributed by atoms with E-state index in [2.05, 4.69) is 0 Å². The van der Waals surface area contributed by atoms with Crippen molar-refractivity contribution in [1.29, 1.82) is 5.41 Å². The summed E-state index contributed by atoms with van der Waals surface area (Å²) in [5.41, 5.74) is 0.652. The molecular formula is C8H8FNO. The number of aliphatic hydroxyl groups is 1. The molecule has 0 atom stereocenters. The lowest BCUT2D eigenvalue weighted by Crippen LogP contribution is -2.03. The molecule has 0 bridgehead atoms. The third kappa shape index (κ3) is 1.85. The molecule has 58 valence electrons. The summed E-state index contributed by atoms with van der Waals surface area (Å²) >= 11 is 0. The molecule has 1 rings (SSSR count). The number of hydrogen-bond donors (Lipinski definition) is 2. The zero-order chi connectivity index (χ0) is 8.27. The summed E-state index contributed by atoms with van der Waals surface area (Å²) in [5.74, 6) is -0.334. The van der Waals surface area contributed by atoms with E-state index in [1.54, 1.807) is 0 Å². The number of hydrogen-bond acceptors (Lipinski definition) is 2. The summed E-state index contributed by atoms with van der Waals surface area (Å²) in [4.78, 5) is 0. The minimum Gasteiger partial charge on any atom is -0.390 e. The van der Waals surface area contributed by atoms with Gasteiger partial charge in [-0.25, -0.2) is 4.39 Å². The van der Waals surface area contributed by atoms with Gasteiger partial charge in [-0.1, -0.05) is 12.1 Å². The molecule has 2 nitrogen and oxygen atoms in total. The van der Waals surface area contributed by atoms with Crippen molar-refractivity contribution in [2.75, 3.05) is 6.61 Å². The molecule has 3 heteroatoms. The highest BCUT2D eigenvalue weighted by atomic mass is 19.1. The number of aliphatic hydroxyl groups excluding tert-OH is 1. The predicted octanol–water partition coefficient (Wildman–Crippen LogP) is 1.19. The van der Waals surface area contributed by atoms with Crippen LogP contribution in [-0.2, 0) is 0 Å². The first-order valence-electron chi connectivity index (χ1n) is 3.18. The molecule has 0 fully saturated rings. The maximum atomic E-state index is 12.3. The van der Waals surface area contributed by atoms with Gasteiger partial charge in [0.25, 0.3) is 0 Å². The fraction of sp³-hybridized carbons (Fsp3) is 0.125.